The van der Waals surface area contributed by atoms with Gasteiger partial charge in [-0.3, -0.25) is 4.79 Å². The molecule has 1 aliphatic rings. The molecule has 0 radical (unpaired) electrons. The van der Waals surface area contributed by atoms with Gasteiger partial charge in [-0.05, 0) is 30.4 Å². The Morgan fingerprint density at radius 2 is 1.78 bits per heavy atom. The number of likely N-dealkylation sites (N-methyl/N-ethyl adjacent to an activating group) is 1. The number of anilines is 1. The van der Waals surface area contributed by atoms with Crippen molar-refractivity contribution in [2.75, 3.05) is 33.0 Å². The van der Waals surface area contributed by atoms with E-state index in [-0.39, 0.29) is 18.4 Å². The molecule has 5 heteroatoms. The molecule has 0 aliphatic heterocycles. The maximum Gasteiger partial charge on any atom is 0.321 e. The third kappa shape index (κ3) is 4.98. The third-order valence-electron chi connectivity index (χ3n) is 4.45. The van der Waals surface area contributed by atoms with Gasteiger partial charge in [0.25, 0.3) is 0 Å². The Morgan fingerprint density at radius 3 is 2.43 bits per heavy atom. The third-order valence-corrected chi connectivity index (χ3v) is 4.45. The van der Waals surface area contributed by atoms with E-state index >= 15 is 0 Å². The average Bonchev–Trinajstić information content (AvgIpc) is 3.01. The van der Waals surface area contributed by atoms with Crippen LogP contribution in [0.5, 0.6) is 0 Å². The van der Waals surface area contributed by atoms with E-state index in [0.717, 1.165) is 12.1 Å². The van der Waals surface area contributed by atoms with Gasteiger partial charge in [0.2, 0.25) is 5.91 Å². The lowest BCUT2D eigenvalue weighted by Crippen LogP contribution is -2.35. The van der Waals surface area contributed by atoms with Crippen LogP contribution in [0, 0.1) is 5.92 Å². The predicted molar refractivity (Wildman–Crippen MR) is 92.4 cm³/mol. The van der Waals surface area contributed by atoms with Gasteiger partial charge < -0.3 is 15.1 Å². The molecule has 1 aliphatic carbocycles. The lowest BCUT2D eigenvalue weighted by atomic mass is 10.1. The molecule has 0 unspecified atom stereocenters. The zero-order valence-electron chi connectivity index (χ0n) is 14.3. The number of carbonyl (C=O) groups is 2. The summed E-state index contributed by atoms with van der Waals surface area (Å²) < 4.78 is 0. The highest BCUT2D eigenvalue weighted by molar-refractivity contribution is 5.91. The molecule has 1 fully saturated rings. The lowest BCUT2D eigenvalue weighted by molar-refractivity contribution is -0.127. The van der Waals surface area contributed by atoms with Crippen molar-refractivity contribution in [2.24, 2.45) is 5.92 Å². The van der Waals surface area contributed by atoms with Crippen LogP contribution in [0.4, 0.5) is 10.5 Å². The minimum atomic E-state index is -0.110. The van der Waals surface area contributed by atoms with Crippen LogP contribution in [0.1, 0.15) is 31.2 Å². The van der Waals surface area contributed by atoms with Crippen molar-refractivity contribution >= 4 is 17.6 Å². The fourth-order valence-electron chi connectivity index (χ4n) is 2.99. The molecule has 0 spiro atoms. The average molecular weight is 317 g/mol. The number of carbonyl (C=O) groups excluding carboxylic acids is 2. The largest absolute Gasteiger partial charge is 0.349 e. The molecule has 1 aromatic carbocycles. The first-order valence-corrected chi connectivity index (χ1v) is 8.27. The number of hydrogen-bond donors (Lipinski definition) is 1. The second kappa shape index (κ2) is 7.99. The van der Waals surface area contributed by atoms with Crippen molar-refractivity contribution in [2.45, 2.75) is 32.1 Å². The van der Waals surface area contributed by atoms with Crippen molar-refractivity contribution in [1.82, 2.24) is 9.80 Å². The van der Waals surface area contributed by atoms with Crippen molar-refractivity contribution < 1.29 is 9.59 Å². The smallest absolute Gasteiger partial charge is 0.321 e. The number of rotatable bonds is 5. The first-order valence-electron chi connectivity index (χ1n) is 8.27. The van der Waals surface area contributed by atoms with Crippen LogP contribution in [-0.4, -0.2) is 49.4 Å². The molecule has 0 heterocycles. The van der Waals surface area contributed by atoms with Gasteiger partial charge in [0.05, 0.1) is 6.42 Å². The van der Waals surface area contributed by atoms with E-state index in [0.29, 0.717) is 11.6 Å². The van der Waals surface area contributed by atoms with Crippen LogP contribution >= 0.6 is 0 Å². The van der Waals surface area contributed by atoms with Crippen LogP contribution < -0.4 is 5.32 Å². The maximum absolute atomic E-state index is 12.4. The molecule has 23 heavy (non-hydrogen) atoms. The van der Waals surface area contributed by atoms with E-state index in [4.69, 9.17) is 0 Å². The molecule has 126 valence electrons. The summed E-state index contributed by atoms with van der Waals surface area (Å²) in [6, 6.07) is 7.38. The number of urea groups is 1. The molecule has 5 nitrogen and oxygen atoms in total. The summed E-state index contributed by atoms with van der Waals surface area (Å²) in [5.74, 6) is 0.641. The van der Waals surface area contributed by atoms with Crippen molar-refractivity contribution in [3.63, 3.8) is 0 Å². The Hall–Kier alpha value is -2.04. The van der Waals surface area contributed by atoms with Crippen LogP contribution in [0.15, 0.2) is 24.3 Å². The van der Waals surface area contributed by atoms with E-state index in [9.17, 15) is 9.59 Å². The van der Waals surface area contributed by atoms with Gasteiger partial charge in [-0.15, -0.1) is 0 Å². The van der Waals surface area contributed by atoms with E-state index in [1.165, 1.54) is 25.7 Å². The Morgan fingerprint density at radius 1 is 1.13 bits per heavy atom. The van der Waals surface area contributed by atoms with Gasteiger partial charge in [0.1, 0.15) is 0 Å². The Balaban J connectivity index is 1.98. The molecule has 3 amide bonds. The highest BCUT2D eigenvalue weighted by Crippen LogP contribution is 2.25. The molecule has 1 saturated carbocycles. The number of amides is 3. The van der Waals surface area contributed by atoms with Crippen LogP contribution in [0.2, 0.25) is 0 Å². The summed E-state index contributed by atoms with van der Waals surface area (Å²) >= 11 is 0. The predicted octanol–water partition coefficient (Wildman–Crippen LogP) is 2.97. The molecular formula is C18H27N3O2. The minimum Gasteiger partial charge on any atom is -0.349 e. The lowest BCUT2D eigenvalue weighted by Gasteiger charge is -2.22. The second-order valence-electron chi connectivity index (χ2n) is 6.58. The molecule has 1 aromatic rings. The van der Waals surface area contributed by atoms with Gasteiger partial charge in [0, 0.05) is 33.4 Å². The minimum absolute atomic E-state index is 0.0195. The van der Waals surface area contributed by atoms with E-state index in [2.05, 4.69) is 5.32 Å². The first-order chi connectivity index (χ1) is 11.0. The highest BCUT2D eigenvalue weighted by Gasteiger charge is 2.20. The van der Waals surface area contributed by atoms with Crippen LogP contribution in [0.25, 0.3) is 0 Å². The van der Waals surface area contributed by atoms with Crippen molar-refractivity contribution in [1.29, 1.82) is 0 Å². The Labute approximate surface area is 138 Å². The fraction of sp³-hybridized carbons (Fsp3) is 0.556. The Kier molecular flexibility index (Phi) is 6.02. The van der Waals surface area contributed by atoms with Gasteiger partial charge in [-0.25, -0.2) is 4.79 Å². The second-order valence-corrected chi connectivity index (χ2v) is 6.58. The molecule has 1 N–H and O–H groups in total. The molecular weight excluding hydrogens is 290 g/mol. The number of para-hydroxylation sites is 1. The number of benzene rings is 1. The van der Waals surface area contributed by atoms with Gasteiger partial charge in [-0.2, -0.15) is 0 Å². The molecule has 2 rings (SSSR count). The first kappa shape index (κ1) is 17.3. The number of nitrogens with zero attached hydrogens (tertiary/aromatic N) is 2. The molecule has 0 aromatic heterocycles. The Bertz CT molecular complexity index is 551. The van der Waals surface area contributed by atoms with Crippen LogP contribution in [0.3, 0.4) is 0 Å². The fourth-order valence-corrected chi connectivity index (χ4v) is 2.99. The van der Waals surface area contributed by atoms with E-state index in [1.54, 1.807) is 23.9 Å². The van der Waals surface area contributed by atoms with Gasteiger partial charge in [0.15, 0.2) is 0 Å². The molecule has 0 bridgehead atoms. The topological polar surface area (TPSA) is 52.7 Å². The summed E-state index contributed by atoms with van der Waals surface area (Å²) in [6.45, 7) is 0.796. The standard InChI is InChI=1S/C18H27N3O2/c1-20(2)17(22)12-15-10-6-7-11-16(15)19-18(23)21(3)13-14-8-4-5-9-14/h6-7,10-11,14H,4-5,8-9,12-13H2,1-3H3,(H,19,23). The summed E-state index contributed by atoms with van der Waals surface area (Å²) in [5, 5.41) is 2.94. The summed E-state index contributed by atoms with van der Waals surface area (Å²) in [6.07, 6.45) is 5.26. The summed E-state index contributed by atoms with van der Waals surface area (Å²) in [7, 11) is 5.30. The SMILES string of the molecule is CN(C)C(=O)Cc1ccccc1NC(=O)N(C)CC1CCCC1. The van der Waals surface area contributed by atoms with E-state index in [1.807, 2.05) is 31.3 Å². The molecule has 0 atom stereocenters. The zero-order valence-corrected chi connectivity index (χ0v) is 14.3. The summed E-state index contributed by atoms with van der Waals surface area (Å²) in [5.41, 5.74) is 1.56. The zero-order chi connectivity index (χ0) is 16.8. The highest BCUT2D eigenvalue weighted by atomic mass is 16.2. The van der Waals surface area contributed by atoms with Gasteiger partial charge >= 0.3 is 6.03 Å². The maximum atomic E-state index is 12.4. The van der Waals surface area contributed by atoms with Crippen LogP contribution in [-0.2, 0) is 11.2 Å². The number of hydrogen-bond acceptors (Lipinski definition) is 2. The number of nitrogens with one attached hydrogen (secondary N) is 1. The monoisotopic (exact) mass is 317 g/mol. The van der Waals surface area contributed by atoms with Crippen molar-refractivity contribution in [3.8, 4) is 0 Å². The van der Waals surface area contributed by atoms with E-state index < -0.39 is 0 Å². The van der Waals surface area contributed by atoms with Crippen molar-refractivity contribution in [3.05, 3.63) is 29.8 Å². The quantitative estimate of drug-likeness (QED) is 0.907. The summed E-state index contributed by atoms with van der Waals surface area (Å²) in [4.78, 5) is 27.6. The van der Waals surface area contributed by atoms with Gasteiger partial charge in [-0.1, -0.05) is 31.0 Å². The molecule has 0 saturated heterocycles. The normalized spacial score (nSPS) is 14.6.